The van der Waals surface area contributed by atoms with E-state index in [1.807, 2.05) is 20.8 Å². The molecule has 14 unspecified atom stereocenters. The lowest BCUT2D eigenvalue weighted by Gasteiger charge is -2.44. The highest BCUT2D eigenvalue weighted by molar-refractivity contribution is 7.91. The fourth-order valence-electron chi connectivity index (χ4n) is 8.52. The van der Waals surface area contributed by atoms with Gasteiger partial charge in [-0.15, -0.1) is 0 Å². The third kappa shape index (κ3) is 21.0. The molecule has 2 aliphatic rings. The first kappa shape index (κ1) is 62.8. The van der Waals surface area contributed by atoms with Gasteiger partial charge in [-0.2, -0.15) is 0 Å². The van der Waals surface area contributed by atoms with Gasteiger partial charge in [0.2, 0.25) is 9.84 Å². The van der Waals surface area contributed by atoms with Crippen LogP contribution in [0, 0.1) is 17.8 Å². The summed E-state index contributed by atoms with van der Waals surface area (Å²) in [5.74, 6) is -0.0130. The van der Waals surface area contributed by atoms with Gasteiger partial charge in [0.25, 0.3) is 0 Å². The number of hydrogen-bond donors (Lipinski definition) is 8. The molecule has 0 amide bonds. The quantitative estimate of drug-likeness (QED) is 0.0437. The number of hydrogen-bond acceptors (Lipinski definition) is 21. The van der Waals surface area contributed by atoms with E-state index in [1.54, 1.807) is 19.1 Å². The molecule has 21 nitrogen and oxygen atoms in total. The summed E-state index contributed by atoms with van der Waals surface area (Å²) in [4.78, 5) is 0.173. The molecule has 2 aliphatic heterocycles. The average molecular weight is 1070 g/mol. The SMILES string of the molecule is CCCC1C(CO)OC(COCC2C(COCCCOCC(O)COCC(COc3ccc(S(=O)(=O)c4ccc(OC)cc4)cc3)OCC(O)COCC(O)CC(C)C)OC(COCC)C(O)C2O)C(O)C1O. The molecule has 8 N–H and O–H groups in total. The van der Waals surface area contributed by atoms with Gasteiger partial charge in [-0.3, -0.25) is 0 Å². The fourth-order valence-corrected chi connectivity index (χ4v) is 9.78. The Morgan fingerprint density at radius 2 is 1.11 bits per heavy atom. The molecule has 4 rings (SSSR count). The number of benzene rings is 2. The topological polar surface area (TPSA) is 298 Å². The number of methoxy groups -OCH3 is 1. The number of sulfone groups is 1. The fraction of sp³-hybridized carbons (Fsp3) is 0.765. The Morgan fingerprint density at radius 1 is 0.575 bits per heavy atom. The Hall–Kier alpha value is -2.69. The van der Waals surface area contributed by atoms with E-state index in [0.29, 0.717) is 37.4 Å². The van der Waals surface area contributed by atoms with Crippen LogP contribution >= 0.6 is 0 Å². The summed E-state index contributed by atoms with van der Waals surface area (Å²) < 4.78 is 89.6. The monoisotopic (exact) mass is 1060 g/mol. The van der Waals surface area contributed by atoms with Crippen LogP contribution in [0.1, 0.15) is 53.4 Å². The Morgan fingerprint density at radius 3 is 1.71 bits per heavy atom. The van der Waals surface area contributed by atoms with Crippen LogP contribution in [0.25, 0.3) is 0 Å². The van der Waals surface area contributed by atoms with Crippen molar-refractivity contribution in [2.45, 2.75) is 136 Å². The van der Waals surface area contributed by atoms with E-state index < -0.39 is 94.9 Å². The van der Waals surface area contributed by atoms with Gasteiger partial charge >= 0.3 is 0 Å². The summed E-state index contributed by atoms with van der Waals surface area (Å²) in [6.07, 6.45) is -9.20. The van der Waals surface area contributed by atoms with E-state index in [9.17, 15) is 49.3 Å². The van der Waals surface area contributed by atoms with Crippen molar-refractivity contribution in [3.8, 4) is 11.5 Å². The highest BCUT2D eigenvalue weighted by Gasteiger charge is 2.46. The maximum atomic E-state index is 13.2. The smallest absolute Gasteiger partial charge is 0.206 e. The second kappa shape index (κ2) is 33.5. The van der Waals surface area contributed by atoms with Gasteiger partial charge in [0.1, 0.15) is 60.8 Å². The maximum absolute atomic E-state index is 13.2. The third-order valence-electron chi connectivity index (χ3n) is 12.5. The molecule has 0 aliphatic carbocycles. The van der Waals surface area contributed by atoms with Gasteiger partial charge in [0.05, 0.1) is 120 Å². The summed E-state index contributed by atoms with van der Waals surface area (Å²) in [6, 6.07) is 12.0. The first-order valence-electron chi connectivity index (χ1n) is 25.4. The van der Waals surface area contributed by atoms with Crippen LogP contribution in [-0.4, -0.2) is 229 Å². The highest BCUT2D eigenvalue weighted by Crippen LogP contribution is 2.32. The van der Waals surface area contributed by atoms with Crippen LogP contribution in [0.4, 0.5) is 0 Å². The van der Waals surface area contributed by atoms with Gasteiger partial charge in [-0.1, -0.05) is 27.2 Å². The minimum Gasteiger partial charge on any atom is -0.497 e. The largest absolute Gasteiger partial charge is 0.497 e. The van der Waals surface area contributed by atoms with Crippen molar-refractivity contribution in [3.05, 3.63) is 48.5 Å². The van der Waals surface area contributed by atoms with Crippen molar-refractivity contribution in [1.29, 1.82) is 0 Å². The summed E-state index contributed by atoms with van der Waals surface area (Å²) >= 11 is 0. The van der Waals surface area contributed by atoms with Crippen LogP contribution in [0.5, 0.6) is 11.5 Å². The van der Waals surface area contributed by atoms with E-state index in [1.165, 1.54) is 43.5 Å². The second-order valence-electron chi connectivity index (χ2n) is 19.0. The molecule has 0 radical (unpaired) electrons. The van der Waals surface area contributed by atoms with Crippen LogP contribution in [0.15, 0.2) is 58.3 Å². The number of aliphatic hydroxyl groups excluding tert-OH is 8. The molecule has 0 bridgehead atoms. The minimum atomic E-state index is -3.80. The van der Waals surface area contributed by atoms with Crippen molar-refractivity contribution >= 4 is 9.84 Å². The summed E-state index contributed by atoms with van der Waals surface area (Å²) in [5.41, 5.74) is 0. The Balaban J connectivity index is 1.22. The Kier molecular flexibility index (Phi) is 28.8. The van der Waals surface area contributed by atoms with Gasteiger partial charge < -0.3 is 93.0 Å². The van der Waals surface area contributed by atoms with E-state index in [0.717, 1.165) is 6.42 Å². The Labute approximate surface area is 430 Å². The summed E-state index contributed by atoms with van der Waals surface area (Å²) in [7, 11) is -2.31. The van der Waals surface area contributed by atoms with Gasteiger partial charge in [0.15, 0.2) is 0 Å². The zero-order valence-electron chi connectivity index (χ0n) is 43.0. The number of rotatable bonds is 37. The van der Waals surface area contributed by atoms with Crippen molar-refractivity contribution < 1.29 is 101 Å². The molecule has 0 aromatic heterocycles. The minimum absolute atomic E-state index is 0.0275. The molecular formula is C51H84O21S. The van der Waals surface area contributed by atoms with E-state index in [2.05, 4.69) is 0 Å². The molecule has 2 saturated heterocycles. The van der Waals surface area contributed by atoms with Crippen LogP contribution in [-0.2, 0) is 52.5 Å². The van der Waals surface area contributed by atoms with Crippen molar-refractivity contribution in [3.63, 3.8) is 0 Å². The Bertz CT molecular complexity index is 1860. The number of ether oxygens (including phenoxy) is 11. The standard InChI is InChI=1S/C51H84O21S/c1-6-9-42-44(21-52)71-47(50(58)48(42)56)32-68-29-43-45(72-46(31-63-7-2)51(59)49(43)57)30-65-19-8-18-64-23-35(54)24-67-27-39(69-26-36(55)25-66-22-34(53)20-33(3)4)28-70-38-12-16-41(17-13-38)73(60,61)40-14-10-37(62-5)11-15-40/h10-17,33-36,39,42-59H,6-9,18-32H2,1-5H3. The first-order valence-corrected chi connectivity index (χ1v) is 26.9. The molecule has 2 fully saturated rings. The normalized spacial score (nSPS) is 26.4. The zero-order chi connectivity index (χ0) is 53.3. The van der Waals surface area contributed by atoms with E-state index in [-0.39, 0.29) is 108 Å². The van der Waals surface area contributed by atoms with Crippen LogP contribution < -0.4 is 9.47 Å². The summed E-state index contributed by atoms with van der Waals surface area (Å²) in [6.45, 7) is 7.58. The predicted molar refractivity (Wildman–Crippen MR) is 263 cm³/mol. The predicted octanol–water partition coefficient (Wildman–Crippen LogP) is 0.934. The van der Waals surface area contributed by atoms with Crippen LogP contribution in [0.2, 0.25) is 0 Å². The zero-order valence-corrected chi connectivity index (χ0v) is 43.8. The molecule has 2 aromatic carbocycles. The maximum Gasteiger partial charge on any atom is 0.206 e. The first-order chi connectivity index (χ1) is 35.0. The van der Waals surface area contributed by atoms with E-state index in [4.69, 9.17) is 52.1 Å². The molecular weight excluding hydrogens is 981 g/mol. The third-order valence-corrected chi connectivity index (χ3v) is 14.3. The molecule has 0 saturated carbocycles. The molecule has 22 heteroatoms. The number of aliphatic hydroxyl groups is 8. The lowest BCUT2D eigenvalue weighted by molar-refractivity contribution is -0.242. The second-order valence-corrected chi connectivity index (χ2v) is 20.9. The molecule has 73 heavy (non-hydrogen) atoms. The summed E-state index contributed by atoms with van der Waals surface area (Å²) in [5, 5.41) is 84.8. The van der Waals surface area contributed by atoms with Gasteiger partial charge in [0, 0.05) is 31.7 Å². The average Bonchev–Trinajstić information content (AvgIpc) is 3.37. The van der Waals surface area contributed by atoms with Crippen molar-refractivity contribution in [1.82, 2.24) is 0 Å². The van der Waals surface area contributed by atoms with Crippen LogP contribution in [0.3, 0.4) is 0 Å². The van der Waals surface area contributed by atoms with Crippen molar-refractivity contribution in [2.24, 2.45) is 17.8 Å². The molecule has 2 heterocycles. The molecule has 420 valence electrons. The van der Waals surface area contributed by atoms with Crippen molar-refractivity contribution in [2.75, 3.05) is 106 Å². The molecule has 0 spiro atoms. The molecule has 14 atom stereocenters. The lowest BCUT2D eigenvalue weighted by atomic mass is 9.84. The van der Waals surface area contributed by atoms with Gasteiger partial charge in [-0.05, 0) is 80.6 Å². The lowest BCUT2D eigenvalue weighted by Crippen LogP contribution is -2.59. The highest BCUT2D eigenvalue weighted by atomic mass is 32.2. The van der Waals surface area contributed by atoms with Gasteiger partial charge in [-0.25, -0.2) is 8.42 Å². The van der Waals surface area contributed by atoms with E-state index >= 15 is 0 Å². The molecule has 2 aromatic rings.